The average Bonchev–Trinajstić information content (AvgIpc) is 2.85. The fourth-order valence-corrected chi connectivity index (χ4v) is 2.57. The van der Waals surface area contributed by atoms with Gasteiger partial charge in [-0.2, -0.15) is 0 Å². The number of hydrogen-bond acceptors (Lipinski definition) is 6. The van der Waals surface area contributed by atoms with E-state index in [1.165, 1.54) is 0 Å². The number of rotatable bonds is 6. The molecule has 16 heteroatoms. The standard InChI is InChI=1S/3C8H5F3O2.Ce/c3*9-5-2-1-4(3-6(12)13)7(10)8(5)11;/h3*1-2H,3H2,(H,12,13);/q;;;+3/p-3. The molecule has 0 aliphatic heterocycles. The first-order valence-electron chi connectivity index (χ1n) is 10.0. The van der Waals surface area contributed by atoms with Gasteiger partial charge in [-0.3, -0.25) is 0 Å². The second kappa shape index (κ2) is 16.8. The summed E-state index contributed by atoms with van der Waals surface area (Å²) in [5.74, 6) is -18.1. The number of aliphatic carboxylic acids is 3. The normalized spacial score (nSPS) is 9.82. The molecule has 0 unspecified atom stereocenters. The number of benzene rings is 3. The molecule has 0 aliphatic carbocycles. The van der Waals surface area contributed by atoms with E-state index in [9.17, 15) is 69.2 Å². The maximum Gasteiger partial charge on any atom is 3.00 e. The summed E-state index contributed by atoms with van der Waals surface area (Å²) in [6.07, 6.45) is -2.32. The van der Waals surface area contributed by atoms with Crippen LogP contribution in [0.3, 0.4) is 0 Å². The zero-order valence-corrected chi connectivity index (χ0v) is 22.6. The first-order chi connectivity index (χ1) is 18.1. The van der Waals surface area contributed by atoms with Gasteiger partial charge in [0, 0.05) is 37.2 Å². The van der Waals surface area contributed by atoms with Crippen LogP contribution in [0.4, 0.5) is 39.5 Å². The van der Waals surface area contributed by atoms with Gasteiger partial charge in [0.15, 0.2) is 52.4 Å². The quantitative estimate of drug-likeness (QED) is 0.281. The van der Waals surface area contributed by atoms with Gasteiger partial charge in [0.25, 0.3) is 0 Å². The zero-order chi connectivity index (χ0) is 30.0. The molecule has 0 spiro atoms. The maximum atomic E-state index is 12.7. The Bertz CT molecular complexity index is 1220. The van der Waals surface area contributed by atoms with E-state index in [0.717, 1.165) is 18.2 Å². The molecule has 0 heterocycles. The molecule has 0 amide bonds. The Balaban J connectivity index is 0.000000563. The second-order valence-corrected chi connectivity index (χ2v) is 7.15. The number of carbonyl (C=O) groups is 3. The Morgan fingerprint density at radius 1 is 0.425 bits per heavy atom. The summed E-state index contributed by atoms with van der Waals surface area (Å²) in [6, 6.07) is 4.58. The summed E-state index contributed by atoms with van der Waals surface area (Å²) in [5, 5.41) is 30.1. The summed E-state index contributed by atoms with van der Waals surface area (Å²) in [5.41, 5.74) is -1.29. The van der Waals surface area contributed by atoms with E-state index in [1.807, 2.05) is 0 Å². The van der Waals surface area contributed by atoms with Crippen molar-refractivity contribution in [2.45, 2.75) is 19.3 Å². The third-order valence-electron chi connectivity index (χ3n) is 4.35. The Labute approximate surface area is 252 Å². The summed E-state index contributed by atoms with van der Waals surface area (Å²) in [4.78, 5) is 30.1. The number of carbonyl (C=O) groups excluding carboxylic acids is 3. The molecule has 0 atom stereocenters. The molecule has 6 nitrogen and oxygen atoms in total. The van der Waals surface area contributed by atoms with Gasteiger partial charge in [-0.25, -0.2) is 39.5 Å². The van der Waals surface area contributed by atoms with Crippen LogP contribution < -0.4 is 15.3 Å². The molecule has 3 aromatic carbocycles. The molecular formula is C24H12CeF9O6. The van der Waals surface area contributed by atoms with Crippen molar-refractivity contribution >= 4 is 17.9 Å². The second-order valence-electron chi connectivity index (χ2n) is 7.15. The van der Waals surface area contributed by atoms with Crippen molar-refractivity contribution in [1.29, 1.82) is 0 Å². The van der Waals surface area contributed by atoms with E-state index in [1.54, 1.807) is 0 Å². The van der Waals surface area contributed by atoms with Gasteiger partial charge < -0.3 is 29.7 Å². The predicted octanol–water partition coefficient (Wildman–Crippen LogP) is 1.19. The third kappa shape index (κ3) is 11.1. The van der Waals surface area contributed by atoms with E-state index >= 15 is 0 Å². The molecule has 0 N–H and O–H groups in total. The van der Waals surface area contributed by atoms with Crippen LogP contribution in [0.1, 0.15) is 16.7 Å². The van der Waals surface area contributed by atoms with E-state index in [-0.39, 0.29) is 41.7 Å². The van der Waals surface area contributed by atoms with Crippen LogP contribution in [0, 0.1) is 94.1 Å². The smallest absolute Gasteiger partial charge is 0.550 e. The monoisotopic (exact) mass is 707 g/mol. The van der Waals surface area contributed by atoms with Gasteiger partial charge in [-0.15, -0.1) is 0 Å². The minimum atomic E-state index is -1.67. The van der Waals surface area contributed by atoms with Gasteiger partial charge in [-0.1, -0.05) is 18.2 Å². The predicted molar refractivity (Wildman–Crippen MR) is 105 cm³/mol. The zero-order valence-electron chi connectivity index (χ0n) is 19.4. The Hall–Kier alpha value is -3.18. The summed E-state index contributed by atoms with van der Waals surface area (Å²) >= 11 is 0. The number of hydrogen-bond donors (Lipinski definition) is 0. The first kappa shape index (κ1) is 36.8. The van der Waals surface area contributed by atoms with E-state index in [0.29, 0.717) is 18.2 Å². The van der Waals surface area contributed by atoms with Gasteiger partial charge >= 0.3 is 41.7 Å². The molecular weight excluding hydrogens is 695 g/mol. The number of carboxylic acid groups (broad SMARTS) is 3. The molecule has 0 aliphatic rings. The summed E-state index contributed by atoms with van der Waals surface area (Å²) < 4.78 is 113. The molecule has 211 valence electrons. The Kier molecular flexibility index (Phi) is 15.5. The minimum Gasteiger partial charge on any atom is -0.550 e. The number of halogens is 9. The van der Waals surface area contributed by atoms with Crippen molar-refractivity contribution in [3.63, 3.8) is 0 Å². The number of carboxylic acids is 3. The van der Waals surface area contributed by atoms with E-state index in [2.05, 4.69) is 0 Å². The maximum absolute atomic E-state index is 12.7. The molecule has 1 radical (unpaired) electrons. The molecule has 0 saturated heterocycles. The van der Waals surface area contributed by atoms with Crippen LogP contribution in [0.15, 0.2) is 36.4 Å². The topological polar surface area (TPSA) is 120 Å². The van der Waals surface area contributed by atoms with Crippen LogP contribution in [-0.2, 0) is 33.6 Å². The average molecular weight is 707 g/mol. The van der Waals surface area contributed by atoms with Gasteiger partial charge in [0.05, 0.1) is 0 Å². The van der Waals surface area contributed by atoms with Crippen molar-refractivity contribution in [1.82, 2.24) is 0 Å². The largest absolute Gasteiger partial charge is 3.00 e. The van der Waals surface area contributed by atoms with Gasteiger partial charge in [-0.05, 0) is 34.9 Å². The van der Waals surface area contributed by atoms with E-state index in [4.69, 9.17) is 0 Å². The fourth-order valence-electron chi connectivity index (χ4n) is 2.57. The van der Waals surface area contributed by atoms with Crippen molar-refractivity contribution in [3.8, 4) is 0 Å². The van der Waals surface area contributed by atoms with E-state index < -0.39 is 106 Å². The Morgan fingerprint density at radius 3 is 0.800 bits per heavy atom. The van der Waals surface area contributed by atoms with Crippen LogP contribution in [0.25, 0.3) is 0 Å². The van der Waals surface area contributed by atoms with Crippen LogP contribution in [0.5, 0.6) is 0 Å². The first-order valence-corrected chi connectivity index (χ1v) is 10.0. The Morgan fingerprint density at radius 2 is 0.625 bits per heavy atom. The van der Waals surface area contributed by atoms with Crippen molar-refractivity contribution in [3.05, 3.63) is 105 Å². The fraction of sp³-hybridized carbons (Fsp3) is 0.125. The molecule has 0 saturated carbocycles. The third-order valence-corrected chi connectivity index (χ3v) is 4.35. The summed E-state index contributed by atoms with van der Waals surface area (Å²) in [7, 11) is 0. The van der Waals surface area contributed by atoms with Crippen molar-refractivity contribution in [2.75, 3.05) is 0 Å². The molecule has 0 fully saturated rings. The SMILES string of the molecule is O=C([O-])Cc1ccc(F)c(F)c1F.O=C([O-])Cc1ccc(F)c(F)c1F.O=C([O-])Cc1ccc(F)c(F)c1F.[Ce+3]. The molecule has 3 aromatic rings. The van der Waals surface area contributed by atoms with Crippen molar-refractivity contribution in [2.24, 2.45) is 0 Å². The minimum absolute atomic E-state index is 0. The molecule has 3 rings (SSSR count). The van der Waals surface area contributed by atoms with Gasteiger partial charge in [0.1, 0.15) is 0 Å². The molecule has 0 bridgehead atoms. The molecule has 40 heavy (non-hydrogen) atoms. The van der Waals surface area contributed by atoms with Gasteiger partial charge in [0.2, 0.25) is 0 Å². The van der Waals surface area contributed by atoms with Crippen molar-refractivity contribution < 1.29 is 111 Å². The van der Waals surface area contributed by atoms with Crippen LogP contribution in [0.2, 0.25) is 0 Å². The van der Waals surface area contributed by atoms with Crippen LogP contribution in [-0.4, -0.2) is 17.9 Å². The summed E-state index contributed by atoms with van der Waals surface area (Å²) in [6.45, 7) is 0. The van der Waals surface area contributed by atoms with Crippen LogP contribution >= 0.6 is 0 Å². The molecule has 0 aromatic heterocycles.